The summed E-state index contributed by atoms with van der Waals surface area (Å²) in [5.74, 6) is 0.466. The topological polar surface area (TPSA) is 39.4 Å². The van der Waals surface area contributed by atoms with E-state index in [-0.39, 0.29) is 12.6 Å². The Bertz CT molecular complexity index is 437. The van der Waals surface area contributed by atoms with Gasteiger partial charge in [0.05, 0.1) is 0 Å². The van der Waals surface area contributed by atoms with E-state index in [1.165, 1.54) is 0 Å². The molecule has 1 aromatic heterocycles. The summed E-state index contributed by atoms with van der Waals surface area (Å²) in [6.07, 6.45) is 0.389. The minimum absolute atomic E-state index is 0.210. The largest absolute Gasteiger partial charge is 0.457 e. The summed E-state index contributed by atoms with van der Waals surface area (Å²) in [5.41, 5.74) is 0.819. The Morgan fingerprint density at radius 3 is 2.93 bits per heavy atom. The van der Waals surface area contributed by atoms with Crippen LogP contribution in [-0.4, -0.2) is 5.97 Å². The van der Waals surface area contributed by atoms with E-state index in [1.807, 2.05) is 30.3 Å². The SMILES string of the molecule is CCC(=O)OCc1cc2ccccc2o1. The van der Waals surface area contributed by atoms with E-state index in [0.717, 1.165) is 11.0 Å². The zero-order valence-electron chi connectivity index (χ0n) is 8.53. The van der Waals surface area contributed by atoms with Crippen molar-refractivity contribution < 1.29 is 13.9 Å². The highest BCUT2D eigenvalue weighted by Gasteiger charge is 2.05. The molecule has 0 atom stereocenters. The molecular weight excluding hydrogens is 192 g/mol. The normalized spacial score (nSPS) is 10.5. The van der Waals surface area contributed by atoms with Crippen LogP contribution in [0.5, 0.6) is 0 Å². The van der Waals surface area contributed by atoms with Gasteiger partial charge in [-0.2, -0.15) is 0 Å². The molecule has 0 fully saturated rings. The minimum Gasteiger partial charge on any atom is -0.457 e. The van der Waals surface area contributed by atoms with Crippen LogP contribution < -0.4 is 0 Å². The molecule has 0 spiro atoms. The van der Waals surface area contributed by atoms with Crippen molar-refractivity contribution >= 4 is 16.9 Å². The predicted octanol–water partition coefficient (Wildman–Crippen LogP) is 2.89. The van der Waals surface area contributed by atoms with Crippen LogP contribution >= 0.6 is 0 Å². The summed E-state index contributed by atoms with van der Waals surface area (Å²) in [6.45, 7) is 1.97. The number of carbonyl (C=O) groups is 1. The fourth-order valence-corrected chi connectivity index (χ4v) is 1.36. The summed E-state index contributed by atoms with van der Waals surface area (Å²) in [5, 5.41) is 1.03. The van der Waals surface area contributed by atoms with Crippen LogP contribution in [-0.2, 0) is 16.1 Å². The lowest BCUT2D eigenvalue weighted by Gasteiger charge is -1.98. The summed E-state index contributed by atoms with van der Waals surface area (Å²) in [7, 11) is 0. The maximum absolute atomic E-state index is 10.9. The van der Waals surface area contributed by atoms with Gasteiger partial charge in [-0.15, -0.1) is 0 Å². The van der Waals surface area contributed by atoms with Gasteiger partial charge in [0.15, 0.2) is 0 Å². The van der Waals surface area contributed by atoms with Gasteiger partial charge in [0, 0.05) is 11.8 Å². The number of rotatable bonds is 3. The third-order valence-corrected chi connectivity index (χ3v) is 2.14. The molecule has 15 heavy (non-hydrogen) atoms. The highest BCUT2D eigenvalue weighted by molar-refractivity contribution is 5.77. The monoisotopic (exact) mass is 204 g/mol. The van der Waals surface area contributed by atoms with Crippen molar-refractivity contribution in [3.63, 3.8) is 0 Å². The van der Waals surface area contributed by atoms with Crippen molar-refractivity contribution in [3.05, 3.63) is 36.1 Å². The number of fused-ring (bicyclic) bond motifs is 1. The van der Waals surface area contributed by atoms with Gasteiger partial charge in [-0.3, -0.25) is 4.79 Å². The number of para-hydroxylation sites is 1. The number of ether oxygens (including phenoxy) is 1. The first-order valence-corrected chi connectivity index (χ1v) is 4.92. The van der Waals surface area contributed by atoms with Gasteiger partial charge in [0.25, 0.3) is 0 Å². The first kappa shape index (κ1) is 9.77. The van der Waals surface area contributed by atoms with E-state index in [2.05, 4.69) is 0 Å². The number of hydrogen-bond donors (Lipinski definition) is 0. The Hall–Kier alpha value is -1.77. The van der Waals surface area contributed by atoms with Gasteiger partial charge in [0.2, 0.25) is 0 Å². The van der Waals surface area contributed by atoms with E-state index in [4.69, 9.17) is 9.15 Å². The Kier molecular flexibility index (Phi) is 2.72. The molecule has 0 bridgehead atoms. The Morgan fingerprint density at radius 1 is 1.40 bits per heavy atom. The maximum Gasteiger partial charge on any atom is 0.305 e. The lowest BCUT2D eigenvalue weighted by Crippen LogP contribution is -2.01. The van der Waals surface area contributed by atoms with Crippen LogP contribution in [0.2, 0.25) is 0 Å². The molecule has 0 aliphatic rings. The summed E-state index contributed by atoms with van der Waals surface area (Å²) < 4.78 is 10.5. The van der Waals surface area contributed by atoms with Crippen molar-refractivity contribution in [2.75, 3.05) is 0 Å². The second kappa shape index (κ2) is 4.17. The Morgan fingerprint density at radius 2 is 2.20 bits per heavy atom. The van der Waals surface area contributed by atoms with Gasteiger partial charge in [-0.25, -0.2) is 0 Å². The van der Waals surface area contributed by atoms with Gasteiger partial charge >= 0.3 is 5.97 Å². The fourth-order valence-electron chi connectivity index (χ4n) is 1.36. The molecule has 0 radical (unpaired) electrons. The van der Waals surface area contributed by atoms with Gasteiger partial charge in [-0.1, -0.05) is 25.1 Å². The molecule has 0 aliphatic carbocycles. The van der Waals surface area contributed by atoms with Gasteiger partial charge in [0.1, 0.15) is 18.0 Å². The van der Waals surface area contributed by atoms with E-state index in [0.29, 0.717) is 12.2 Å². The summed E-state index contributed by atoms with van der Waals surface area (Å²) in [6, 6.07) is 9.59. The smallest absolute Gasteiger partial charge is 0.305 e. The molecule has 2 aromatic rings. The van der Waals surface area contributed by atoms with Crippen LogP contribution in [0, 0.1) is 0 Å². The molecule has 0 amide bonds. The van der Waals surface area contributed by atoms with Crippen molar-refractivity contribution in [1.82, 2.24) is 0 Å². The maximum atomic E-state index is 10.9. The number of hydrogen-bond acceptors (Lipinski definition) is 3. The van der Waals surface area contributed by atoms with Gasteiger partial charge < -0.3 is 9.15 Å². The molecule has 0 aliphatic heterocycles. The van der Waals surface area contributed by atoms with Crippen molar-refractivity contribution in [2.24, 2.45) is 0 Å². The number of esters is 1. The van der Waals surface area contributed by atoms with E-state index in [1.54, 1.807) is 6.92 Å². The van der Waals surface area contributed by atoms with E-state index < -0.39 is 0 Å². The summed E-state index contributed by atoms with van der Waals surface area (Å²) in [4.78, 5) is 10.9. The lowest BCUT2D eigenvalue weighted by atomic mass is 10.2. The highest BCUT2D eigenvalue weighted by Crippen LogP contribution is 2.19. The molecule has 0 saturated heterocycles. The van der Waals surface area contributed by atoms with Crippen molar-refractivity contribution in [1.29, 1.82) is 0 Å². The number of benzene rings is 1. The van der Waals surface area contributed by atoms with E-state index >= 15 is 0 Å². The Balaban J connectivity index is 2.12. The molecule has 0 saturated carbocycles. The zero-order valence-corrected chi connectivity index (χ0v) is 8.53. The van der Waals surface area contributed by atoms with Crippen LogP contribution in [0.3, 0.4) is 0 Å². The van der Waals surface area contributed by atoms with Crippen LogP contribution in [0.1, 0.15) is 19.1 Å². The van der Waals surface area contributed by atoms with Crippen molar-refractivity contribution in [2.45, 2.75) is 20.0 Å². The Labute approximate surface area is 87.6 Å². The molecule has 3 nitrogen and oxygen atoms in total. The van der Waals surface area contributed by atoms with Crippen LogP contribution in [0.15, 0.2) is 34.7 Å². The van der Waals surface area contributed by atoms with Crippen LogP contribution in [0.25, 0.3) is 11.0 Å². The molecule has 2 rings (SSSR count). The average Bonchev–Trinajstić information content (AvgIpc) is 2.68. The quantitative estimate of drug-likeness (QED) is 0.721. The standard InChI is InChI=1S/C12H12O3/c1-2-12(13)14-8-10-7-9-5-3-4-6-11(9)15-10/h3-7H,2,8H2,1H3. The average molecular weight is 204 g/mol. The highest BCUT2D eigenvalue weighted by atomic mass is 16.5. The van der Waals surface area contributed by atoms with E-state index in [9.17, 15) is 4.79 Å². The molecule has 0 unspecified atom stereocenters. The second-order valence-electron chi connectivity index (χ2n) is 3.26. The van der Waals surface area contributed by atoms with Crippen molar-refractivity contribution in [3.8, 4) is 0 Å². The molecule has 1 heterocycles. The minimum atomic E-state index is -0.213. The third kappa shape index (κ3) is 2.18. The van der Waals surface area contributed by atoms with Crippen LogP contribution in [0.4, 0.5) is 0 Å². The summed E-state index contributed by atoms with van der Waals surface area (Å²) >= 11 is 0. The fraction of sp³-hybridized carbons (Fsp3) is 0.250. The predicted molar refractivity (Wildman–Crippen MR) is 56.3 cm³/mol. The molecule has 1 aromatic carbocycles. The second-order valence-corrected chi connectivity index (χ2v) is 3.26. The number of furan rings is 1. The van der Waals surface area contributed by atoms with Gasteiger partial charge in [-0.05, 0) is 12.1 Å². The third-order valence-electron chi connectivity index (χ3n) is 2.14. The first-order chi connectivity index (χ1) is 7.29. The zero-order chi connectivity index (χ0) is 10.7. The molecular formula is C12H12O3. The number of carbonyl (C=O) groups excluding carboxylic acids is 1. The first-order valence-electron chi connectivity index (χ1n) is 4.92. The lowest BCUT2D eigenvalue weighted by molar-refractivity contribution is -0.145. The molecule has 78 valence electrons. The molecule has 0 N–H and O–H groups in total. The molecule has 3 heteroatoms.